The molecule has 0 bridgehead atoms. The third-order valence-corrected chi connectivity index (χ3v) is 3.18. The van der Waals surface area contributed by atoms with Crippen molar-refractivity contribution in [1.82, 2.24) is 4.90 Å². The van der Waals surface area contributed by atoms with Crippen LogP contribution in [0.15, 0.2) is 30.3 Å². The Balaban J connectivity index is 1.86. The summed E-state index contributed by atoms with van der Waals surface area (Å²) in [6.45, 7) is 0.680. The molecule has 1 aliphatic carbocycles. The van der Waals surface area contributed by atoms with Crippen LogP contribution >= 0.6 is 0 Å². The Morgan fingerprint density at radius 1 is 1.39 bits per heavy atom. The second kappa shape index (κ2) is 5.70. The Labute approximate surface area is 107 Å². The quantitative estimate of drug-likeness (QED) is 0.795. The molecular weight excluding hydrogens is 226 g/mol. The molecule has 0 heterocycles. The van der Waals surface area contributed by atoms with Gasteiger partial charge in [0.1, 0.15) is 0 Å². The highest BCUT2D eigenvalue weighted by Crippen LogP contribution is 2.27. The predicted molar refractivity (Wildman–Crippen MR) is 69.7 cm³/mol. The minimum Gasteiger partial charge on any atom is -0.393 e. The van der Waals surface area contributed by atoms with Crippen LogP contribution < -0.4 is 0 Å². The average Bonchev–Trinajstić information content (AvgIpc) is 2.35. The summed E-state index contributed by atoms with van der Waals surface area (Å²) in [6.07, 6.45) is 1.42. The maximum atomic E-state index is 11.8. The number of aliphatic hydroxyl groups is 1. The number of amides is 1. The summed E-state index contributed by atoms with van der Waals surface area (Å²) >= 11 is 0. The summed E-state index contributed by atoms with van der Waals surface area (Å²) < 4.78 is 0. The molecule has 18 heavy (non-hydrogen) atoms. The molecule has 0 saturated heterocycles. The Hall–Kier alpha value is -1.79. The van der Waals surface area contributed by atoms with Gasteiger partial charge in [0.05, 0.1) is 6.10 Å². The third kappa shape index (κ3) is 3.35. The van der Waals surface area contributed by atoms with Gasteiger partial charge in [-0.25, -0.2) is 0 Å². The van der Waals surface area contributed by atoms with Crippen molar-refractivity contribution in [1.29, 1.82) is 0 Å². The van der Waals surface area contributed by atoms with Gasteiger partial charge in [0.15, 0.2) is 0 Å². The number of benzene rings is 1. The highest BCUT2D eigenvalue weighted by molar-refractivity contribution is 5.93. The SMILES string of the molecule is CN(CC1CC(O)C1)C(=O)C#Cc1ccccc1. The predicted octanol–water partition coefficient (Wildman–Crippen LogP) is 1.27. The fourth-order valence-electron chi connectivity index (χ4n) is 2.06. The van der Waals surface area contributed by atoms with Crippen LogP contribution in [0.1, 0.15) is 18.4 Å². The van der Waals surface area contributed by atoms with E-state index in [0.29, 0.717) is 12.5 Å². The van der Waals surface area contributed by atoms with Crippen molar-refractivity contribution in [3.05, 3.63) is 35.9 Å². The maximum absolute atomic E-state index is 11.8. The number of carbonyl (C=O) groups excluding carboxylic acids is 1. The van der Waals surface area contributed by atoms with Crippen molar-refractivity contribution in [3.8, 4) is 11.8 Å². The van der Waals surface area contributed by atoms with Crippen LogP contribution in [0, 0.1) is 17.8 Å². The molecule has 0 atom stereocenters. The van der Waals surface area contributed by atoms with Crippen molar-refractivity contribution >= 4 is 5.91 Å². The third-order valence-electron chi connectivity index (χ3n) is 3.18. The van der Waals surface area contributed by atoms with E-state index in [1.807, 2.05) is 30.3 Å². The van der Waals surface area contributed by atoms with E-state index in [0.717, 1.165) is 18.4 Å². The van der Waals surface area contributed by atoms with Crippen LogP contribution in [0.4, 0.5) is 0 Å². The molecule has 1 aromatic rings. The normalized spacial score (nSPS) is 21.4. The Morgan fingerprint density at radius 3 is 2.67 bits per heavy atom. The molecule has 2 rings (SSSR count). The summed E-state index contributed by atoms with van der Waals surface area (Å²) in [5.74, 6) is 5.75. The summed E-state index contributed by atoms with van der Waals surface area (Å²) in [6, 6.07) is 9.47. The minimum absolute atomic E-state index is 0.166. The second-order valence-corrected chi connectivity index (χ2v) is 4.79. The van der Waals surface area contributed by atoms with E-state index < -0.39 is 0 Å². The summed E-state index contributed by atoms with van der Waals surface area (Å²) in [5.41, 5.74) is 0.846. The fourth-order valence-corrected chi connectivity index (χ4v) is 2.06. The molecular formula is C15H17NO2. The highest BCUT2D eigenvalue weighted by Gasteiger charge is 2.28. The Kier molecular flexibility index (Phi) is 4.01. The molecule has 1 saturated carbocycles. The van der Waals surface area contributed by atoms with Crippen LogP contribution in [-0.2, 0) is 4.79 Å². The first kappa shape index (κ1) is 12.7. The van der Waals surface area contributed by atoms with Gasteiger partial charge in [0, 0.05) is 25.1 Å². The van der Waals surface area contributed by atoms with E-state index >= 15 is 0 Å². The number of carbonyl (C=O) groups is 1. The van der Waals surface area contributed by atoms with Crippen LogP contribution in [0.3, 0.4) is 0 Å². The first-order valence-corrected chi connectivity index (χ1v) is 6.15. The Morgan fingerprint density at radius 2 is 2.06 bits per heavy atom. The molecule has 94 valence electrons. The lowest BCUT2D eigenvalue weighted by atomic mass is 9.82. The van der Waals surface area contributed by atoms with Gasteiger partial charge in [-0.2, -0.15) is 0 Å². The number of rotatable bonds is 2. The van der Waals surface area contributed by atoms with Crippen molar-refractivity contribution in [3.63, 3.8) is 0 Å². The topological polar surface area (TPSA) is 40.5 Å². The van der Waals surface area contributed by atoms with Gasteiger partial charge in [-0.1, -0.05) is 24.1 Å². The molecule has 0 aromatic heterocycles. The van der Waals surface area contributed by atoms with Gasteiger partial charge in [0.25, 0.3) is 5.91 Å². The second-order valence-electron chi connectivity index (χ2n) is 4.79. The molecule has 0 aliphatic heterocycles. The lowest BCUT2D eigenvalue weighted by Crippen LogP contribution is -2.39. The number of nitrogens with zero attached hydrogens (tertiary/aromatic N) is 1. The fraction of sp³-hybridized carbons (Fsp3) is 0.400. The van der Waals surface area contributed by atoms with E-state index in [-0.39, 0.29) is 12.0 Å². The lowest BCUT2D eigenvalue weighted by Gasteiger charge is -2.33. The molecule has 3 heteroatoms. The zero-order valence-electron chi connectivity index (χ0n) is 10.5. The smallest absolute Gasteiger partial charge is 0.298 e. The highest BCUT2D eigenvalue weighted by atomic mass is 16.3. The number of hydrogen-bond acceptors (Lipinski definition) is 2. The number of hydrogen-bond donors (Lipinski definition) is 1. The van der Waals surface area contributed by atoms with Crippen molar-refractivity contribution in [2.75, 3.05) is 13.6 Å². The first-order valence-electron chi connectivity index (χ1n) is 6.15. The molecule has 0 spiro atoms. The Bertz CT molecular complexity index is 466. The molecule has 1 aliphatic rings. The van der Waals surface area contributed by atoms with Crippen molar-refractivity contribution in [2.45, 2.75) is 18.9 Å². The lowest BCUT2D eigenvalue weighted by molar-refractivity contribution is -0.125. The summed E-state index contributed by atoms with van der Waals surface area (Å²) in [5, 5.41) is 9.19. The van der Waals surface area contributed by atoms with Crippen LogP contribution in [-0.4, -0.2) is 35.6 Å². The van der Waals surface area contributed by atoms with Gasteiger partial charge >= 0.3 is 0 Å². The van der Waals surface area contributed by atoms with Crippen LogP contribution in [0.25, 0.3) is 0 Å². The van der Waals surface area contributed by atoms with Crippen molar-refractivity contribution in [2.24, 2.45) is 5.92 Å². The molecule has 1 amide bonds. The molecule has 1 aromatic carbocycles. The van der Waals surface area contributed by atoms with Crippen molar-refractivity contribution < 1.29 is 9.90 Å². The maximum Gasteiger partial charge on any atom is 0.298 e. The zero-order chi connectivity index (χ0) is 13.0. The molecule has 0 unspecified atom stereocenters. The van der Waals surface area contributed by atoms with Gasteiger partial charge < -0.3 is 10.0 Å². The van der Waals surface area contributed by atoms with Crippen LogP contribution in [0.2, 0.25) is 0 Å². The first-order chi connectivity index (χ1) is 8.65. The van der Waals surface area contributed by atoms with E-state index in [1.165, 1.54) is 0 Å². The van der Waals surface area contributed by atoms with E-state index in [2.05, 4.69) is 11.8 Å². The van der Waals surface area contributed by atoms with Crippen LogP contribution in [0.5, 0.6) is 0 Å². The standard InChI is InChI=1S/C15H17NO2/c1-16(11-13-9-14(17)10-13)15(18)8-7-12-5-3-2-4-6-12/h2-6,13-14,17H,9-11H2,1H3. The van der Waals surface area contributed by atoms with E-state index in [9.17, 15) is 9.90 Å². The molecule has 3 nitrogen and oxygen atoms in total. The monoisotopic (exact) mass is 243 g/mol. The van der Waals surface area contributed by atoms with Gasteiger partial charge in [-0.05, 0) is 30.9 Å². The number of aliphatic hydroxyl groups excluding tert-OH is 1. The summed E-state index contributed by atoms with van der Waals surface area (Å²) in [7, 11) is 1.76. The molecule has 0 radical (unpaired) electrons. The van der Waals surface area contributed by atoms with E-state index in [4.69, 9.17) is 0 Å². The average molecular weight is 243 g/mol. The summed E-state index contributed by atoms with van der Waals surface area (Å²) in [4.78, 5) is 13.4. The van der Waals surface area contributed by atoms with Gasteiger partial charge in [0.2, 0.25) is 0 Å². The largest absolute Gasteiger partial charge is 0.393 e. The van der Waals surface area contributed by atoms with Gasteiger partial charge in [-0.15, -0.1) is 0 Å². The van der Waals surface area contributed by atoms with E-state index in [1.54, 1.807) is 11.9 Å². The zero-order valence-corrected chi connectivity index (χ0v) is 10.5. The molecule has 1 fully saturated rings. The minimum atomic E-state index is -0.172. The van der Waals surface area contributed by atoms with Gasteiger partial charge in [-0.3, -0.25) is 4.79 Å². The molecule has 1 N–H and O–H groups in total.